The zero-order chi connectivity index (χ0) is 31.0. The van der Waals surface area contributed by atoms with Gasteiger partial charge in [0.1, 0.15) is 29.5 Å². The van der Waals surface area contributed by atoms with E-state index in [1.807, 2.05) is 20.8 Å². The molecule has 1 aromatic rings. The summed E-state index contributed by atoms with van der Waals surface area (Å²) in [6.07, 6.45) is 2.72. The third kappa shape index (κ3) is 3.12. The average Bonchev–Trinajstić information content (AvgIpc) is 3.45. The summed E-state index contributed by atoms with van der Waals surface area (Å²) in [5, 5.41) is 25.7. The third-order valence-corrected chi connectivity index (χ3v) is 12.8. The van der Waals surface area contributed by atoms with Crippen LogP contribution in [0.3, 0.4) is 0 Å². The van der Waals surface area contributed by atoms with Gasteiger partial charge in [0.2, 0.25) is 0 Å². The van der Waals surface area contributed by atoms with Gasteiger partial charge in [-0.1, -0.05) is 26.8 Å². The summed E-state index contributed by atoms with van der Waals surface area (Å²) >= 11 is 0. The average molecular weight is 601 g/mol. The Morgan fingerprint density at radius 1 is 1.21 bits per heavy atom. The quantitative estimate of drug-likeness (QED) is 0.222. The normalized spacial score (nSPS) is 51.0. The number of methoxy groups -OCH3 is 1. The van der Waals surface area contributed by atoms with Gasteiger partial charge >= 0.3 is 17.9 Å². The van der Waals surface area contributed by atoms with Crippen LogP contribution in [0.25, 0.3) is 0 Å². The van der Waals surface area contributed by atoms with Crippen LogP contribution in [0.5, 0.6) is 0 Å². The predicted octanol–water partition coefficient (Wildman–Crippen LogP) is 2.98. The second-order valence-electron chi connectivity index (χ2n) is 14.2. The van der Waals surface area contributed by atoms with Crippen molar-refractivity contribution in [3.63, 3.8) is 0 Å². The maximum absolute atomic E-state index is 13.3. The van der Waals surface area contributed by atoms with Crippen molar-refractivity contribution in [2.24, 2.45) is 34.0 Å². The molecule has 5 heterocycles. The van der Waals surface area contributed by atoms with Gasteiger partial charge in [0.25, 0.3) is 0 Å². The summed E-state index contributed by atoms with van der Waals surface area (Å²) < 4.78 is 35.6. The van der Waals surface area contributed by atoms with E-state index < -0.39 is 87.2 Å². The number of fused-ring (bicyclic) bond motifs is 2. The number of rotatable bonds is 5. The molecule has 4 bridgehead atoms. The Bertz CT molecular complexity index is 1420. The van der Waals surface area contributed by atoms with Crippen molar-refractivity contribution in [2.45, 2.75) is 95.6 Å². The molecule has 234 valence electrons. The second kappa shape index (κ2) is 8.71. The molecule has 43 heavy (non-hydrogen) atoms. The lowest BCUT2D eigenvalue weighted by Crippen LogP contribution is -2.85. The van der Waals surface area contributed by atoms with Gasteiger partial charge in [-0.15, -0.1) is 0 Å². The Morgan fingerprint density at radius 2 is 1.95 bits per heavy atom. The topological polar surface area (TPSA) is 154 Å². The molecule has 7 fully saturated rings. The van der Waals surface area contributed by atoms with E-state index in [9.17, 15) is 24.6 Å². The molecule has 2 N–H and O–H groups in total. The number of carbonyl (C=O) groups excluding carboxylic acids is 3. The highest BCUT2D eigenvalue weighted by Gasteiger charge is 2.94. The van der Waals surface area contributed by atoms with Crippen molar-refractivity contribution < 1.29 is 52.7 Å². The van der Waals surface area contributed by atoms with Gasteiger partial charge in [0, 0.05) is 39.7 Å². The van der Waals surface area contributed by atoms with Gasteiger partial charge in [0.05, 0.1) is 38.6 Å². The lowest BCUT2D eigenvalue weighted by molar-refractivity contribution is -0.449. The maximum atomic E-state index is 13.3. The van der Waals surface area contributed by atoms with Crippen LogP contribution < -0.4 is 0 Å². The van der Waals surface area contributed by atoms with Crippen molar-refractivity contribution in [3.8, 4) is 0 Å². The number of epoxide rings is 1. The molecule has 0 radical (unpaired) electrons. The van der Waals surface area contributed by atoms with Crippen molar-refractivity contribution >= 4 is 17.9 Å². The number of hydrogen-bond acceptors (Lipinski definition) is 11. The van der Waals surface area contributed by atoms with Crippen LogP contribution in [-0.4, -0.2) is 71.0 Å². The van der Waals surface area contributed by atoms with Crippen molar-refractivity contribution in [2.75, 3.05) is 13.7 Å². The van der Waals surface area contributed by atoms with Crippen molar-refractivity contribution in [1.82, 2.24) is 0 Å². The molecule has 4 saturated heterocycles. The molecule has 12 atom stereocenters. The molecule has 0 amide bonds. The SMILES string of the molecule is C/C=C(\C)C(=O)O[C@@H]1[C@@H]2[C@H]3O[C@@]34[C@H](CC[C@@]3(C)[C@H](c5ccoc5)OC(=O)C[C@@]43O)[C@]3(C)[C@@H](CC(=O)OC)[C@@]1(C)CO[C@]23O. The fourth-order valence-electron chi connectivity index (χ4n) is 10.4. The monoisotopic (exact) mass is 600 g/mol. The number of esters is 3. The molecule has 3 aliphatic carbocycles. The second-order valence-corrected chi connectivity index (χ2v) is 14.2. The first-order valence-electron chi connectivity index (χ1n) is 15.1. The Kier molecular flexibility index (Phi) is 5.87. The number of allylic oxidation sites excluding steroid dienone is 1. The fraction of sp³-hybridized carbons (Fsp3) is 0.719. The summed E-state index contributed by atoms with van der Waals surface area (Å²) in [4.78, 5) is 39.5. The molecule has 1 aromatic heterocycles. The van der Waals surface area contributed by atoms with E-state index >= 15 is 0 Å². The van der Waals surface area contributed by atoms with E-state index in [4.69, 9.17) is 28.1 Å². The summed E-state index contributed by atoms with van der Waals surface area (Å²) in [6.45, 7) is 9.17. The minimum atomic E-state index is -1.85. The largest absolute Gasteiger partial charge is 0.472 e. The summed E-state index contributed by atoms with van der Waals surface area (Å²) in [5.74, 6) is -5.42. The molecule has 0 unspecified atom stereocenters. The lowest BCUT2D eigenvalue weighted by Gasteiger charge is -2.75. The number of carbonyl (C=O) groups is 3. The van der Waals surface area contributed by atoms with E-state index in [0.29, 0.717) is 24.0 Å². The predicted molar refractivity (Wildman–Crippen MR) is 146 cm³/mol. The summed E-state index contributed by atoms with van der Waals surface area (Å²) in [7, 11) is 1.32. The first-order valence-corrected chi connectivity index (χ1v) is 15.1. The van der Waals surface area contributed by atoms with Crippen LogP contribution >= 0.6 is 0 Å². The molecule has 1 spiro atoms. The molecule has 11 heteroatoms. The molecule has 11 nitrogen and oxygen atoms in total. The Labute approximate surface area is 249 Å². The zero-order valence-electron chi connectivity index (χ0n) is 25.4. The van der Waals surface area contributed by atoms with Gasteiger partial charge < -0.3 is 38.3 Å². The first-order chi connectivity index (χ1) is 20.2. The van der Waals surface area contributed by atoms with E-state index in [1.54, 1.807) is 26.0 Å². The Morgan fingerprint density at radius 3 is 2.60 bits per heavy atom. The molecular formula is C32H40O11. The summed E-state index contributed by atoms with van der Waals surface area (Å²) in [5.41, 5.74) is -5.01. The highest BCUT2D eigenvalue weighted by Crippen LogP contribution is 2.83. The zero-order valence-corrected chi connectivity index (χ0v) is 25.4. The number of ether oxygens (including phenoxy) is 5. The van der Waals surface area contributed by atoms with Gasteiger partial charge in [-0.2, -0.15) is 0 Å². The molecular weight excluding hydrogens is 560 g/mol. The number of cyclic esters (lactones) is 1. The van der Waals surface area contributed by atoms with Crippen molar-refractivity contribution in [3.05, 3.63) is 35.8 Å². The molecule has 4 aliphatic heterocycles. The van der Waals surface area contributed by atoms with Gasteiger partial charge in [-0.05, 0) is 38.7 Å². The van der Waals surface area contributed by atoms with Crippen LogP contribution in [0.4, 0.5) is 0 Å². The Hall–Kier alpha value is -2.73. The highest BCUT2D eigenvalue weighted by molar-refractivity contribution is 5.88. The highest BCUT2D eigenvalue weighted by atomic mass is 16.7. The molecule has 0 aromatic carbocycles. The van der Waals surface area contributed by atoms with Crippen molar-refractivity contribution in [1.29, 1.82) is 0 Å². The van der Waals surface area contributed by atoms with Gasteiger partial charge in [0.15, 0.2) is 5.79 Å². The maximum Gasteiger partial charge on any atom is 0.333 e. The molecule has 8 rings (SSSR count). The standard InChI is InChI=1S/C32H40O11/c1-7-16(2)26(35)42-24-22-25-31(43-25)18(29(5)19(12-20(33)38-6)27(24,3)15-40-32(22,29)37)8-10-28(4)23(17-9-11-39-14-17)41-21(34)13-30(28,31)36/h7,9,11,14,18-19,22-25,36-37H,8,10,12-13,15H2,1-6H3/b16-7+/t18-,19+,22-,23+,24-,25-,27-,28+,29-,30+,31+,32-/m1/s1. The van der Waals surface area contributed by atoms with E-state index in [0.717, 1.165) is 0 Å². The van der Waals surface area contributed by atoms with E-state index in [1.165, 1.54) is 19.6 Å². The number of hydrogen-bond donors (Lipinski definition) is 2. The fourth-order valence-corrected chi connectivity index (χ4v) is 10.4. The number of furan rings is 1. The third-order valence-electron chi connectivity index (χ3n) is 12.8. The van der Waals surface area contributed by atoms with Crippen LogP contribution in [0.2, 0.25) is 0 Å². The first kappa shape index (κ1) is 29.0. The van der Waals surface area contributed by atoms with E-state index in [2.05, 4.69) is 0 Å². The number of aliphatic hydroxyl groups is 2. The molecule has 7 aliphatic rings. The van der Waals surface area contributed by atoms with Crippen LogP contribution in [0.15, 0.2) is 34.7 Å². The summed E-state index contributed by atoms with van der Waals surface area (Å²) in [6, 6.07) is 1.72. The van der Waals surface area contributed by atoms with Crippen LogP contribution in [0, 0.1) is 34.0 Å². The minimum Gasteiger partial charge on any atom is -0.472 e. The van der Waals surface area contributed by atoms with Crippen LogP contribution in [0.1, 0.15) is 72.0 Å². The minimum absolute atomic E-state index is 0.0490. The van der Waals surface area contributed by atoms with Gasteiger partial charge in [-0.25, -0.2) is 4.79 Å². The van der Waals surface area contributed by atoms with E-state index in [-0.39, 0.29) is 19.4 Å². The van der Waals surface area contributed by atoms with Gasteiger partial charge in [-0.3, -0.25) is 9.59 Å². The van der Waals surface area contributed by atoms with Crippen LogP contribution in [-0.2, 0) is 38.1 Å². The smallest absolute Gasteiger partial charge is 0.333 e. The molecule has 3 saturated carbocycles. The Balaban J connectivity index is 1.42. The lowest BCUT2D eigenvalue weighted by atomic mass is 9.34.